The molecule has 0 saturated heterocycles. The van der Waals surface area contributed by atoms with Crippen molar-refractivity contribution in [1.82, 2.24) is 14.8 Å². The maximum Gasteiger partial charge on any atom is 0.237 e. The fraction of sp³-hybridized carbons (Fsp3) is 0.154. The summed E-state index contributed by atoms with van der Waals surface area (Å²) in [6.45, 7) is 3.29. The number of carbonyl (C=O) groups is 2. The van der Waals surface area contributed by atoms with Gasteiger partial charge in [-0.25, -0.2) is 0 Å². The van der Waals surface area contributed by atoms with E-state index in [0.717, 1.165) is 11.3 Å². The lowest BCUT2D eigenvalue weighted by Gasteiger charge is -2.14. The fourth-order valence-electron chi connectivity index (χ4n) is 3.35. The number of nitrogens with zero attached hydrogens (tertiary/aromatic N) is 3. The topological polar surface area (TPSA) is 106 Å². The van der Waals surface area contributed by atoms with Crippen LogP contribution in [0, 0.1) is 0 Å². The second-order valence-corrected chi connectivity index (χ2v) is 9.08. The molecular weight excluding hydrogens is 464 g/mol. The maximum atomic E-state index is 12.9. The van der Waals surface area contributed by atoms with Crippen LogP contribution in [0.2, 0.25) is 0 Å². The molecule has 9 heteroatoms. The molecule has 0 spiro atoms. The van der Waals surface area contributed by atoms with E-state index < -0.39 is 5.25 Å². The zero-order valence-corrected chi connectivity index (χ0v) is 20.2. The first-order valence-corrected chi connectivity index (χ1v) is 11.7. The van der Waals surface area contributed by atoms with Crippen molar-refractivity contribution in [2.45, 2.75) is 24.3 Å². The molecule has 178 valence electrons. The number of anilines is 1. The summed E-state index contributed by atoms with van der Waals surface area (Å²) in [5.41, 5.74) is 2.75. The van der Waals surface area contributed by atoms with Crippen molar-refractivity contribution in [3.8, 4) is 28.6 Å². The number of methoxy groups -OCH3 is 1. The normalized spacial score (nSPS) is 11.6. The van der Waals surface area contributed by atoms with E-state index in [0.29, 0.717) is 28.0 Å². The highest BCUT2D eigenvalue weighted by molar-refractivity contribution is 8.00. The molecule has 4 rings (SSSR count). The molecule has 0 unspecified atom stereocenters. The Labute approximate surface area is 207 Å². The number of hydrogen-bond donors (Lipinski definition) is 2. The van der Waals surface area contributed by atoms with Crippen molar-refractivity contribution in [3.05, 3.63) is 78.4 Å². The van der Waals surface area contributed by atoms with E-state index in [2.05, 4.69) is 15.5 Å². The fourth-order valence-corrected chi connectivity index (χ4v) is 4.22. The molecule has 0 saturated carbocycles. The Morgan fingerprint density at radius 2 is 1.63 bits per heavy atom. The van der Waals surface area contributed by atoms with Crippen LogP contribution in [-0.4, -0.2) is 43.9 Å². The molecule has 0 fully saturated rings. The molecule has 0 aliphatic rings. The summed E-state index contributed by atoms with van der Waals surface area (Å²) in [7, 11) is 1.60. The lowest BCUT2D eigenvalue weighted by atomic mass is 10.1. The van der Waals surface area contributed by atoms with E-state index in [1.165, 1.54) is 18.7 Å². The van der Waals surface area contributed by atoms with E-state index in [1.54, 1.807) is 62.6 Å². The second-order valence-electron chi connectivity index (χ2n) is 7.77. The van der Waals surface area contributed by atoms with Crippen molar-refractivity contribution in [3.63, 3.8) is 0 Å². The van der Waals surface area contributed by atoms with Crippen molar-refractivity contribution >= 4 is 29.1 Å². The van der Waals surface area contributed by atoms with Gasteiger partial charge in [-0.15, -0.1) is 10.2 Å². The Morgan fingerprint density at radius 1 is 0.971 bits per heavy atom. The summed E-state index contributed by atoms with van der Waals surface area (Å²) in [5, 5.41) is 21.3. The summed E-state index contributed by atoms with van der Waals surface area (Å²) in [4.78, 5) is 24.4. The largest absolute Gasteiger partial charge is 0.508 e. The number of thioether (sulfide) groups is 1. The third kappa shape index (κ3) is 5.52. The van der Waals surface area contributed by atoms with Crippen LogP contribution in [0.4, 0.5) is 5.69 Å². The van der Waals surface area contributed by atoms with Crippen LogP contribution in [-0.2, 0) is 4.79 Å². The van der Waals surface area contributed by atoms with Gasteiger partial charge in [0.05, 0.1) is 12.4 Å². The minimum Gasteiger partial charge on any atom is -0.508 e. The average molecular weight is 489 g/mol. The summed E-state index contributed by atoms with van der Waals surface area (Å²) in [6, 6.07) is 20.9. The minimum atomic E-state index is -0.489. The van der Waals surface area contributed by atoms with Gasteiger partial charge in [-0.1, -0.05) is 11.8 Å². The quantitative estimate of drug-likeness (QED) is 0.266. The predicted octanol–water partition coefficient (Wildman–Crippen LogP) is 4.97. The third-order valence-corrected chi connectivity index (χ3v) is 6.34. The first-order valence-electron chi connectivity index (χ1n) is 10.8. The monoisotopic (exact) mass is 488 g/mol. The number of aromatic nitrogens is 3. The van der Waals surface area contributed by atoms with E-state index in [9.17, 15) is 14.7 Å². The zero-order valence-electron chi connectivity index (χ0n) is 19.4. The predicted molar refractivity (Wildman–Crippen MR) is 135 cm³/mol. The Bertz CT molecular complexity index is 1330. The lowest BCUT2D eigenvalue weighted by Crippen LogP contribution is -2.23. The number of benzene rings is 3. The van der Waals surface area contributed by atoms with Gasteiger partial charge >= 0.3 is 0 Å². The molecule has 8 nitrogen and oxygen atoms in total. The number of aromatic hydroxyl groups is 1. The average Bonchev–Trinajstić information content (AvgIpc) is 3.28. The van der Waals surface area contributed by atoms with Gasteiger partial charge < -0.3 is 15.2 Å². The summed E-state index contributed by atoms with van der Waals surface area (Å²) >= 11 is 1.27. The smallest absolute Gasteiger partial charge is 0.237 e. The van der Waals surface area contributed by atoms with Gasteiger partial charge in [0, 0.05) is 22.5 Å². The van der Waals surface area contributed by atoms with Crippen molar-refractivity contribution in [2.24, 2.45) is 0 Å². The van der Waals surface area contributed by atoms with Crippen LogP contribution in [0.1, 0.15) is 24.2 Å². The van der Waals surface area contributed by atoms with Crippen LogP contribution >= 0.6 is 11.8 Å². The Balaban J connectivity index is 1.61. The van der Waals surface area contributed by atoms with Crippen molar-refractivity contribution < 1.29 is 19.4 Å². The van der Waals surface area contributed by atoms with Crippen LogP contribution in [0.15, 0.2) is 78.0 Å². The molecule has 0 aliphatic heterocycles. The standard InChI is InChI=1S/C26H24N4O4S/c1-16(31)18-4-8-20(9-5-18)27-25(33)17(2)35-26-29-28-24(19-6-12-22(32)13-7-19)30(26)21-10-14-23(34-3)15-11-21/h4-15,17,32H,1-3H3,(H,27,33)/t17-/m0/s1. The number of rotatable bonds is 8. The molecule has 1 amide bonds. The molecule has 0 bridgehead atoms. The van der Waals surface area contributed by atoms with E-state index >= 15 is 0 Å². The minimum absolute atomic E-state index is 0.0332. The lowest BCUT2D eigenvalue weighted by molar-refractivity contribution is -0.115. The Kier molecular flexibility index (Phi) is 7.17. The van der Waals surface area contributed by atoms with Gasteiger partial charge in [0.25, 0.3) is 0 Å². The zero-order chi connectivity index (χ0) is 24.9. The molecular formula is C26H24N4O4S. The molecule has 3 aromatic carbocycles. The molecule has 1 aromatic heterocycles. The number of ether oxygens (including phenoxy) is 1. The molecule has 1 atom stereocenters. The third-order valence-electron chi connectivity index (χ3n) is 5.30. The second kappa shape index (κ2) is 10.4. The highest BCUT2D eigenvalue weighted by atomic mass is 32.2. The van der Waals surface area contributed by atoms with Gasteiger partial charge in [-0.3, -0.25) is 14.2 Å². The number of phenolic OH excluding ortho intramolecular Hbond substituents is 1. The SMILES string of the molecule is COc1ccc(-n2c(S[C@@H](C)C(=O)Nc3ccc(C(C)=O)cc3)nnc2-c2ccc(O)cc2)cc1. The van der Waals surface area contributed by atoms with Gasteiger partial charge in [0.2, 0.25) is 5.91 Å². The summed E-state index contributed by atoms with van der Waals surface area (Å²) < 4.78 is 7.14. The highest BCUT2D eigenvalue weighted by Gasteiger charge is 2.22. The highest BCUT2D eigenvalue weighted by Crippen LogP contribution is 2.31. The van der Waals surface area contributed by atoms with Crippen LogP contribution in [0.25, 0.3) is 17.1 Å². The number of Topliss-reactive ketones (excluding diaryl/α,β-unsaturated/α-hetero) is 1. The van der Waals surface area contributed by atoms with E-state index in [4.69, 9.17) is 4.74 Å². The van der Waals surface area contributed by atoms with Crippen LogP contribution in [0.5, 0.6) is 11.5 Å². The number of amides is 1. The van der Waals surface area contributed by atoms with E-state index in [-0.39, 0.29) is 17.4 Å². The summed E-state index contributed by atoms with van der Waals surface area (Å²) in [6.07, 6.45) is 0. The molecule has 2 N–H and O–H groups in total. The van der Waals surface area contributed by atoms with Crippen molar-refractivity contribution in [2.75, 3.05) is 12.4 Å². The number of hydrogen-bond acceptors (Lipinski definition) is 7. The first-order chi connectivity index (χ1) is 16.9. The van der Waals surface area contributed by atoms with Crippen LogP contribution < -0.4 is 10.1 Å². The van der Waals surface area contributed by atoms with Gasteiger partial charge in [0.1, 0.15) is 11.5 Å². The van der Waals surface area contributed by atoms with Gasteiger partial charge in [0.15, 0.2) is 16.8 Å². The Morgan fingerprint density at radius 3 is 2.23 bits per heavy atom. The Hall–Kier alpha value is -4.11. The first kappa shape index (κ1) is 24.0. The van der Waals surface area contributed by atoms with Crippen LogP contribution in [0.3, 0.4) is 0 Å². The molecule has 4 aromatic rings. The molecule has 35 heavy (non-hydrogen) atoms. The van der Waals surface area contributed by atoms with E-state index in [1.807, 2.05) is 28.8 Å². The van der Waals surface area contributed by atoms with Crippen molar-refractivity contribution in [1.29, 1.82) is 0 Å². The number of nitrogens with one attached hydrogen (secondary N) is 1. The molecule has 1 heterocycles. The maximum absolute atomic E-state index is 12.9. The number of phenols is 1. The van der Waals surface area contributed by atoms with Gasteiger partial charge in [-0.05, 0) is 86.6 Å². The van der Waals surface area contributed by atoms with Gasteiger partial charge in [-0.2, -0.15) is 0 Å². The molecule has 0 radical (unpaired) electrons. The summed E-state index contributed by atoms with van der Waals surface area (Å²) in [5.74, 6) is 1.20. The number of ketones is 1. The molecule has 0 aliphatic carbocycles. The number of carbonyl (C=O) groups excluding carboxylic acids is 2.